The maximum Gasteiger partial charge on any atom is 0.257 e. The fourth-order valence-corrected chi connectivity index (χ4v) is 2.49. The van der Waals surface area contributed by atoms with Crippen molar-refractivity contribution in [2.24, 2.45) is 0 Å². The van der Waals surface area contributed by atoms with Gasteiger partial charge in [0.05, 0.1) is 6.61 Å². The number of carbonyl (C=O) groups excluding carboxylic acids is 2. The molecular weight excluding hydrogens is 362 g/mol. The Morgan fingerprint density at radius 3 is 2.44 bits per heavy atom. The van der Waals surface area contributed by atoms with E-state index in [4.69, 9.17) is 17.0 Å². The Morgan fingerprint density at radius 1 is 1.04 bits per heavy atom. The van der Waals surface area contributed by atoms with Gasteiger partial charge in [-0.3, -0.25) is 14.9 Å². The van der Waals surface area contributed by atoms with E-state index in [1.54, 1.807) is 42.5 Å². The summed E-state index contributed by atoms with van der Waals surface area (Å²) in [6, 6.07) is 14.0. The molecule has 0 bridgehead atoms. The van der Waals surface area contributed by atoms with Gasteiger partial charge in [-0.1, -0.05) is 25.5 Å². The van der Waals surface area contributed by atoms with Crippen LogP contribution in [0.15, 0.2) is 48.5 Å². The van der Waals surface area contributed by atoms with Crippen molar-refractivity contribution in [1.82, 2.24) is 5.32 Å². The van der Waals surface area contributed by atoms with Crippen molar-refractivity contribution in [3.8, 4) is 5.75 Å². The molecule has 27 heavy (non-hydrogen) atoms. The average Bonchev–Trinajstić information content (AvgIpc) is 2.62. The van der Waals surface area contributed by atoms with Gasteiger partial charge in [-0.05, 0) is 55.0 Å². The van der Waals surface area contributed by atoms with Gasteiger partial charge < -0.3 is 15.4 Å². The molecule has 0 saturated carbocycles. The van der Waals surface area contributed by atoms with Crippen LogP contribution in [0.25, 0.3) is 0 Å². The highest BCUT2D eigenvalue weighted by Crippen LogP contribution is 2.16. The standard InChI is InChI=1S/C20H23N3O3S/c1-3-4-11-26-18-10-5-7-15(12-18)19(25)23-20(27)22-17-9-6-8-16(13-17)21-14(2)24/h5-10,12-13H,3-4,11H2,1-2H3,(H,21,24)(H2,22,23,25,27). The molecule has 0 unspecified atom stereocenters. The third-order valence-corrected chi connectivity index (χ3v) is 3.73. The zero-order chi connectivity index (χ0) is 19.6. The number of hydrogen-bond donors (Lipinski definition) is 3. The van der Waals surface area contributed by atoms with Crippen LogP contribution in [0.3, 0.4) is 0 Å². The van der Waals surface area contributed by atoms with Crippen LogP contribution in [0.2, 0.25) is 0 Å². The Balaban J connectivity index is 1.94. The predicted octanol–water partition coefficient (Wildman–Crippen LogP) is 3.95. The zero-order valence-corrected chi connectivity index (χ0v) is 16.2. The van der Waals surface area contributed by atoms with Crippen molar-refractivity contribution >= 4 is 40.5 Å². The van der Waals surface area contributed by atoms with Gasteiger partial charge in [0.1, 0.15) is 5.75 Å². The monoisotopic (exact) mass is 385 g/mol. The highest BCUT2D eigenvalue weighted by atomic mass is 32.1. The van der Waals surface area contributed by atoms with E-state index in [0.29, 0.717) is 29.3 Å². The van der Waals surface area contributed by atoms with Crippen LogP contribution in [0, 0.1) is 0 Å². The predicted molar refractivity (Wildman–Crippen MR) is 111 cm³/mol. The molecule has 0 radical (unpaired) electrons. The number of unbranched alkanes of at least 4 members (excludes halogenated alkanes) is 1. The molecule has 0 spiro atoms. The topological polar surface area (TPSA) is 79.5 Å². The summed E-state index contributed by atoms with van der Waals surface area (Å²) in [6.07, 6.45) is 2.01. The SMILES string of the molecule is CCCCOc1cccc(C(=O)NC(=S)Nc2cccc(NC(C)=O)c2)c1. The summed E-state index contributed by atoms with van der Waals surface area (Å²) in [7, 11) is 0. The number of rotatable bonds is 7. The van der Waals surface area contributed by atoms with Crippen LogP contribution in [-0.4, -0.2) is 23.5 Å². The molecule has 7 heteroatoms. The van der Waals surface area contributed by atoms with Gasteiger partial charge in [0.15, 0.2) is 5.11 Å². The fraction of sp³-hybridized carbons (Fsp3) is 0.250. The molecule has 2 aromatic carbocycles. The van der Waals surface area contributed by atoms with Crippen molar-refractivity contribution in [2.45, 2.75) is 26.7 Å². The Morgan fingerprint density at radius 2 is 1.74 bits per heavy atom. The molecular formula is C20H23N3O3S. The maximum absolute atomic E-state index is 12.4. The van der Waals surface area contributed by atoms with Gasteiger partial charge in [-0.25, -0.2) is 0 Å². The smallest absolute Gasteiger partial charge is 0.257 e. The molecule has 0 aromatic heterocycles. The third kappa shape index (κ3) is 7.07. The van der Waals surface area contributed by atoms with Crippen LogP contribution in [0.1, 0.15) is 37.0 Å². The van der Waals surface area contributed by atoms with Gasteiger partial charge in [0.25, 0.3) is 5.91 Å². The maximum atomic E-state index is 12.4. The lowest BCUT2D eigenvalue weighted by Gasteiger charge is -2.12. The van der Waals surface area contributed by atoms with Crippen molar-refractivity contribution in [3.63, 3.8) is 0 Å². The molecule has 142 valence electrons. The molecule has 3 N–H and O–H groups in total. The number of ether oxygens (including phenoxy) is 1. The van der Waals surface area contributed by atoms with E-state index in [9.17, 15) is 9.59 Å². The Bertz CT molecular complexity index is 824. The summed E-state index contributed by atoms with van der Waals surface area (Å²) < 4.78 is 5.62. The second kappa shape index (κ2) is 10.3. The summed E-state index contributed by atoms with van der Waals surface area (Å²) >= 11 is 5.20. The first-order valence-electron chi connectivity index (χ1n) is 8.71. The molecule has 0 aliphatic heterocycles. The number of thiocarbonyl (C=S) groups is 1. The van der Waals surface area contributed by atoms with Gasteiger partial charge in [-0.15, -0.1) is 0 Å². The van der Waals surface area contributed by atoms with Crippen LogP contribution >= 0.6 is 12.2 Å². The van der Waals surface area contributed by atoms with Gasteiger partial charge in [-0.2, -0.15) is 0 Å². The summed E-state index contributed by atoms with van der Waals surface area (Å²) in [6.45, 7) is 4.14. The average molecular weight is 385 g/mol. The molecule has 6 nitrogen and oxygen atoms in total. The fourth-order valence-electron chi connectivity index (χ4n) is 2.28. The first kappa shape index (κ1) is 20.4. The second-order valence-electron chi connectivity index (χ2n) is 5.90. The lowest BCUT2D eigenvalue weighted by atomic mass is 10.2. The quantitative estimate of drug-likeness (QED) is 0.497. The van der Waals surface area contributed by atoms with Gasteiger partial charge in [0.2, 0.25) is 5.91 Å². The van der Waals surface area contributed by atoms with Crippen molar-refractivity contribution < 1.29 is 14.3 Å². The van der Waals surface area contributed by atoms with Crippen molar-refractivity contribution in [3.05, 3.63) is 54.1 Å². The molecule has 0 heterocycles. The lowest BCUT2D eigenvalue weighted by molar-refractivity contribution is -0.114. The number of hydrogen-bond acceptors (Lipinski definition) is 4. The molecule has 0 aliphatic carbocycles. The van der Waals surface area contributed by atoms with Crippen LogP contribution in [0.4, 0.5) is 11.4 Å². The number of amides is 2. The number of nitrogens with one attached hydrogen (secondary N) is 3. The lowest BCUT2D eigenvalue weighted by Crippen LogP contribution is -2.34. The van der Waals surface area contributed by atoms with E-state index in [2.05, 4.69) is 22.9 Å². The Hall–Kier alpha value is -2.93. The molecule has 0 aliphatic rings. The summed E-state index contributed by atoms with van der Waals surface area (Å²) in [5.74, 6) is 0.161. The van der Waals surface area contributed by atoms with Gasteiger partial charge >= 0.3 is 0 Å². The minimum atomic E-state index is -0.327. The summed E-state index contributed by atoms with van der Waals surface area (Å²) in [4.78, 5) is 23.5. The van der Waals surface area contributed by atoms with E-state index in [1.165, 1.54) is 6.92 Å². The molecule has 2 amide bonds. The van der Waals surface area contributed by atoms with Gasteiger partial charge in [0, 0.05) is 23.9 Å². The van der Waals surface area contributed by atoms with Crippen molar-refractivity contribution in [2.75, 3.05) is 17.2 Å². The van der Waals surface area contributed by atoms with E-state index in [-0.39, 0.29) is 16.9 Å². The molecule has 0 atom stereocenters. The number of benzene rings is 2. The second-order valence-corrected chi connectivity index (χ2v) is 6.31. The van der Waals surface area contributed by atoms with E-state index in [1.807, 2.05) is 6.07 Å². The summed E-state index contributed by atoms with van der Waals surface area (Å²) in [5, 5.41) is 8.42. The van der Waals surface area contributed by atoms with Crippen LogP contribution in [-0.2, 0) is 4.79 Å². The third-order valence-electron chi connectivity index (χ3n) is 3.53. The minimum absolute atomic E-state index is 0.163. The number of carbonyl (C=O) groups is 2. The van der Waals surface area contributed by atoms with Crippen LogP contribution in [0.5, 0.6) is 5.75 Å². The van der Waals surface area contributed by atoms with E-state index >= 15 is 0 Å². The Kier molecular flexibility index (Phi) is 7.76. The molecule has 0 fully saturated rings. The Labute approximate surface area is 164 Å². The largest absolute Gasteiger partial charge is 0.494 e. The minimum Gasteiger partial charge on any atom is -0.494 e. The highest BCUT2D eigenvalue weighted by molar-refractivity contribution is 7.80. The normalized spacial score (nSPS) is 10.0. The van der Waals surface area contributed by atoms with Crippen molar-refractivity contribution in [1.29, 1.82) is 0 Å². The molecule has 2 rings (SSSR count). The zero-order valence-electron chi connectivity index (χ0n) is 15.4. The summed E-state index contributed by atoms with van der Waals surface area (Å²) in [5.41, 5.74) is 1.75. The van der Waals surface area contributed by atoms with E-state index < -0.39 is 0 Å². The highest BCUT2D eigenvalue weighted by Gasteiger charge is 2.09. The van der Waals surface area contributed by atoms with Crippen LogP contribution < -0.4 is 20.7 Å². The first-order valence-corrected chi connectivity index (χ1v) is 9.11. The first-order chi connectivity index (χ1) is 13.0. The molecule has 0 saturated heterocycles. The van der Waals surface area contributed by atoms with E-state index in [0.717, 1.165) is 12.8 Å². The molecule has 2 aromatic rings. The number of anilines is 2.